The fourth-order valence-corrected chi connectivity index (χ4v) is 5.37. The first kappa shape index (κ1) is 36.5. The average Bonchev–Trinajstić information content (AvgIpc) is 2.98. The lowest BCUT2D eigenvalue weighted by atomic mass is 9.95. The van der Waals surface area contributed by atoms with Crippen LogP contribution >= 0.6 is 11.6 Å². The van der Waals surface area contributed by atoms with Gasteiger partial charge in [0.2, 0.25) is 0 Å². The maximum Gasteiger partial charge on any atom is 0.339 e. The lowest BCUT2D eigenvalue weighted by Gasteiger charge is -2.22. The molecule has 0 atom stereocenters. The fourth-order valence-electron chi connectivity index (χ4n) is 5.18. The molecule has 1 aliphatic rings. The van der Waals surface area contributed by atoms with Gasteiger partial charge in [-0.05, 0) is 63.0 Å². The van der Waals surface area contributed by atoms with Crippen molar-refractivity contribution in [3.63, 3.8) is 0 Å². The summed E-state index contributed by atoms with van der Waals surface area (Å²) in [4.78, 5) is 26.2. The van der Waals surface area contributed by atoms with Crippen molar-refractivity contribution in [3.05, 3.63) is 34.9 Å². The minimum Gasteiger partial charge on any atom is -0.462 e. The second-order valence-corrected chi connectivity index (χ2v) is 11.7. The molecule has 0 saturated heterocycles. The summed E-state index contributed by atoms with van der Waals surface area (Å²) in [6.07, 6.45) is 23.7. The highest BCUT2D eigenvalue weighted by Gasteiger charge is 2.25. The maximum absolute atomic E-state index is 13.2. The molecule has 0 unspecified atom stereocenters. The monoisotopic (exact) mass is 578 g/mol. The van der Waals surface area contributed by atoms with Gasteiger partial charge in [0.05, 0.1) is 17.7 Å². The standard InChI is InChI=1S/C30H48O4.C5H11Cl/c1-3-5-7-9-11-14-19-25-20-18-23-27(29(31)34-26-21-15-13-16-22-26)28(25)30(32)33-24-17-12-10-8-6-4-2;1-2-3-4-5-6/h18,20,23,26H,3-17,19,21-22,24H2,1-2H3;2-5H2,1H3. The van der Waals surface area contributed by atoms with Crippen molar-refractivity contribution in [3.8, 4) is 0 Å². The van der Waals surface area contributed by atoms with Crippen LogP contribution in [0.15, 0.2) is 18.2 Å². The van der Waals surface area contributed by atoms with Gasteiger partial charge in [0.15, 0.2) is 0 Å². The molecule has 1 aliphatic carbocycles. The molecular formula is C35H59ClO4. The molecule has 40 heavy (non-hydrogen) atoms. The maximum atomic E-state index is 13.2. The van der Waals surface area contributed by atoms with E-state index in [1.165, 1.54) is 77.0 Å². The predicted octanol–water partition coefficient (Wildman–Crippen LogP) is 11.0. The number of rotatable bonds is 20. The molecule has 4 nitrogen and oxygen atoms in total. The predicted molar refractivity (Wildman–Crippen MR) is 170 cm³/mol. The lowest BCUT2D eigenvalue weighted by Crippen LogP contribution is -2.23. The van der Waals surface area contributed by atoms with Crippen LogP contribution in [0.4, 0.5) is 0 Å². The number of halogens is 1. The van der Waals surface area contributed by atoms with Crippen molar-refractivity contribution in [1.29, 1.82) is 0 Å². The van der Waals surface area contributed by atoms with Crippen LogP contribution in [0.2, 0.25) is 0 Å². The molecule has 1 aromatic rings. The lowest BCUT2D eigenvalue weighted by molar-refractivity contribution is 0.0203. The van der Waals surface area contributed by atoms with Crippen LogP contribution in [0.3, 0.4) is 0 Å². The van der Waals surface area contributed by atoms with Crippen molar-refractivity contribution in [1.82, 2.24) is 0 Å². The Morgan fingerprint density at radius 1 is 0.725 bits per heavy atom. The Kier molecular flexibility index (Phi) is 23.0. The molecular weight excluding hydrogens is 520 g/mol. The van der Waals surface area contributed by atoms with Gasteiger partial charge in [-0.25, -0.2) is 9.59 Å². The summed E-state index contributed by atoms with van der Waals surface area (Å²) in [5.41, 5.74) is 1.73. The number of benzene rings is 1. The van der Waals surface area contributed by atoms with E-state index >= 15 is 0 Å². The van der Waals surface area contributed by atoms with Crippen molar-refractivity contribution >= 4 is 23.5 Å². The normalized spacial score (nSPS) is 13.4. The molecule has 0 aromatic heterocycles. The van der Waals surface area contributed by atoms with Gasteiger partial charge < -0.3 is 9.47 Å². The zero-order valence-electron chi connectivity index (χ0n) is 26.1. The number of aryl methyl sites for hydroxylation is 1. The van der Waals surface area contributed by atoms with Crippen LogP contribution in [0.1, 0.15) is 175 Å². The van der Waals surface area contributed by atoms with E-state index in [2.05, 4.69) is 20.8 Å². The van der Waals surface area contributed by atoms with Gasteiger partial charge in [-0.15, -0.1) is 11.6 Å². The van der Waals surface area contributed by atoms with E-state index in [4.69, 9.17) is 21.1 Å². The smallest absolute Gasteiger partial charge is 0.339 e. The van der Waals surface area contributed by atoms with Crippen molar-refractivity contribution < 1.29 is 19.1 Å². The van der Waals surface area contributed by atoms with Gasteiger partial charge in [-0.3, -0.25) is 0 Å². The minimum atomic E-state index is -0.372. The van der Waals surface area contributed by atoms with E-state index in [1.807, 2.05) is 12.1 Å². The minimum absolute atomic E-state index is 0.0320. The Hall–Kier alpha value is -1.55. The quantitative estimate of drug-likeness (QED) is 0.0876. The molecule has 0 spiro atoms. The van der Waals surface area contributed by atoms with Crippen LogP contribution < -0.4 is 0 Å². The molecule has 1 fully saturated rings. The first-order valence-corrected chi connectivity index (χ1v) is 17.2. The summed E-state index contributed by atoms with van der Waals surface area (Å²) < 4.78 is 11.5. The van der Waals surface area contributed by atoms with Gasteiger partial charge >= 0.3 is 11.9 Å². The molecule has 5 heteroatoms. The first-order valence-electron chi connectivity index (χ1n) is 16.6. The van der Waals surface area contributed by atoms with Gasteiger partial charge in [-0.2, -0.15) is 0 Å². The molecule has 230 valence electrons. The highest BCUT2D eigenvalue weighted by molar-refractivity contribution is 6.17. The van der Waals surface area contributed by atoms with Crippen LogP contribution in [0.5, 0.6) is 0 Å². The highest BCUT2D eigenvalue weighted by Crippen LogP contribution is 2.25. The van der Waals surface area contributed by atoms with E-state index in [1.54, 1.807) is 6.07 Å². The number of carbonyl (C=O) groups excluding carboxylic acids is 2. The number of alkyl halides is 1. The Balaban J connectivity index is 0.00000120. The van der Waals surface area contributed by atoms with Gasteiger partial charge in [-0.1, -0.05) is 116 Å². The molecule has 0 N–H and O–H groups in total. The summed E-state index contributed by atoms with van der Waals surface area (Å²) >= 11 is 5.38. The highest BCUT2D eigenvalue weighted by atomic mass is 35.5. The van der Waals surface area contributed by atoms with Crippen molar-refractivity contribution in [2.45, 2.75) is 162 Å². The van der Waals surface area contributed by atoms with Crippen molar-refractivity contribution in [2.24, 2.45) is 0 Å². The molecule has 0 aliphatic heterocycles. The summed E-state index contributed by atoms with van der Waals surface area (Å²) in [6.45, 7) is 7.02. The number of hydrogen-bond acceptors (Lipinski definition) is 4. The largest absolute Gasteiger partial charge is 0.462 e. The summed E-state index contributed by atoms with van der Waals surface area (Å²) in [7, 11) is 0. The van der Waals surface area contributed by atoms with Gasteiger partial charge in [0.25, 0.3) is 0 Å². The number of carbonyl (C=O) groups is 2. The third-order valence-corrected chi connectivity index (χ3v) is 7.94. The van der Waals surface area contributed by atoms with E-state index in [-0.39, 0.29) is 18.0 Å². The summed E-state index contributed by atoms with van der Waals surface area (Å²) in [6, 6.07) is 5.59. The first-order chi connectivity index (χ1) is 19.6. The Labute approximate surface area is 251 Å². The van der Waals surface area contributed by atoms with E-state index in [9.17, 15) is 9.59 Å². The average molecular weight is 579 g/mol. The molecule has 0 amide bonds. The van der Waals surface area contributed by atoms with Gasteiger partial charge in [0.1, 0.15) is 6.10 Å². The molecule has 0 bridgehead atoms. The summed E-state index contributed by atoms with van der Waals surface area (Å²) in [5.74, 6) is 0.0855. The fraction of sp³-hybridized carbons (Fsp3) is 0.771. The topological polar surface area (TPSA) is 52.6 Å². The Morgan fingerprint density at radius 2 is 1.30 bits per heavy atom. The van der Waals surface area contributed by atoms with Crippen LogP contribution in [-0.4, -0.2) is 30.5 Å². The van der Waals surface area contributed by atoms with E-state index in [0.29, 0.717) is 17.7 Å². The third kappa shape index (κ3) is 16.7. The summed E-state index contributed by atoms with van der Waals surface area (Å²) in [5, 5.41) is 0. The van der Waals surface area contributed by atoms with E-state index in [0.717, 1.165) is 69.2 Å². The number of hydrogen-bond donors (Lipinski definition) is 0. The molecule has 0 heterocycles. The SMILES string of the molecule is CCCCCCCCOC(=O)c1c(CCCCCCCC)cccc1C(=O)OC1CCCCC1.CCCCCCl. The Morgan fingerprint density at radius 3 is 1.90 bits per heavy atom. The zero-order chi connectivity index (χ0) is 29.3. The van der Waals surface area contributed by atoms with Crippen molar-refractivity contribution in [2.75, 3.05) is 12.5 Å². The molecule has 0 radical (unpaired) electrons. The molecule has 1 aromatic carbocycles. The number of ether oxygens (including phenoxy) is 2. The van der Waals surface area contributed by atoms with E-state index < -0.39 is 0 Å². The second-order valence-electron chi connectivity index (χ2n) is 11.3. The Bertz CT molecular complexity index is 769. The van der Waals surface area contributed by atoms with Crippen LogP contribution in [-0.2, 0) is 15.9 Å². The van der Waals surface area contributed by atoms with Crippen LogP contribution in [0, 0.1) is 0 Å². The van der Waals surface area contributed by atoms with Crippen LogP contribution in [0.25, 0.3) is 0 Å². The van der Waals surface area contributed by atoms with Gasteiger partial charge in [0, 0.05) is 5.88 Å². The second kappa shape index (κ2) is 25.2. The number of unbranched alkanes of at least 4 members (excludes halogenated alkanes) is 12. The molecule has 1 saturated carbocycles. The third-order valence-electron chi connectivity index (χ3n) is 7.67. The molecule has 2 rings (SSSR count). The zero-order valence-corrected chi connectivity index (χ0v) is 26.8. The number of esters is 2.